The fourth-order valence-corrected chi connectivity index (χ4v) is 4.25. The zero-order valence-electron chi connectivity index (χ0n) is 19.2. The number of halogens is 1. The van der Waals surface area contributed by atoms with E-state index in [4.69, 9.17) is 4.52 Å². The zero-order chi connectivity index (χ0) is 24.0. The molecule has 1 aromatic heterocycles. The Morgan fingerprint density at radius 2 is 1.63 bits per heavy atom. The molecule has 8 heteroatoms. The second kappa shape index (κ2) is 10.5. The summed E-state index contributed by atoms with van der Waals surface area (Å²) in [5.74, 6) is 0.401. The molecule has 1 N–H and O–H groups in total. The molecule has 7 nitrogen and oxygen atoms in total. The van der Waals surface area contributed by atoms with Crippen molar-refractivity contribution in [1.29, 1.82) is 0 Å². The van der Waals surface area contributed by atoms with Crippen molar-refractivity contribution < 1.29 is 13.7 Å². The van der Waals surface area contributed by atoms with E-state index < -0.39 is 0 Å². The Morgan fingerprint density at radius 3 is 2.43 bits per heavy atom. The highest BCUT2D eigenvalue weighted by atomic mass is 19.1. The van der Waals surface area contributed by atoms with Crippen LogP contribution in [0.25, 0.3) is 22.8 Å². The molecule has 0 saturated carbocycles. The first-order valence-electron chi connectivity index (χ1n) is 11.7. The molecule has 35 heavy (non-hydrogen) atoms. The van der Waals surface area contributed by atoms with E-state index in [2.05, 4.69) is 25.3 Å². The number of hydrogen-bond donors (Lipinski definition) is 1. The van der Waals surface area contributed by atoms with E-state index >= 15 is 0 Å². The predicted octanol–water partition coefficient (Wildman–Crippen LogP) is 4.09. The number of carbonyl (C=O) groups excluding carboxylic acids is 1. The Balaban J connectivity index is 1.17. The zero-order valence-corrected chi connectivity index (χ0v) is 19.2. The standard InChI is InChI=1S/C27H26FN5O2/c28-23-12-6-7-13-24(23)33-18-16-32(17-19-33)15-14-29-26(34)21-10-4-5-11-22(21)27-30-25(31-35-27)20-8-2-1-3-9-20/h1-13H,14-19H2,(H,29,34). The second-order valence-electron chi connectivity index (χ2n) is 8.37. The van der Waals surface area contributed by atoms with E-state index in [0.717, 1.165) is 38.3 Å². The van der Waals surface area contributed by atoms with Crippen LogP contribution in [0.3, 0.4) is 0 Å². The number of benzene rings is 3. The van der Waals surface area contributed by atoms with E-state index in [1.54, 1.807) is 18.2 Å². The Kier molecular flexibility index (Phi) is 6.81. The van der Waals surface area contributed by atoms with Gasteiger partial charge < -0.3 is 14.7 Å². The number of hydrogen-bond acceptors (Lipinski definition) is 6. The molecule has 0 atom stereocenters. The lowest BCUT2D eigenvalue weighted by Gasteiger charge is -2.36. The van der Waals surface area contributed by atoms with Crippen molar-refractivity contribution in [1.82, 2.24) is 20.4 Å². The third-order valence-corrected chi connectivity index (χ3v) is 6.14. The monoisotopic (exact) mass is 471 g/mol. The molecule has 1 aliphatic heterocycles. The normalized spacial score (nSPS) is 14.1. The van der Waals surface area contributed by atoms with Crippen molar-refractivity contribution in [3.63, 3.8) is 0 Å². The van der Waals surface area contributed by atoms with Crippen LogP contribution in [0, 0.1) is 5.82 Å². The van der Waals surface area contributed by atoms with Crippen LogP contribution in [0.5, 0.6) is 0 Å². The Bertz CT molecular complexity index is 1290. The van der Waals surface area contributed by atoms with Gasteiger partial charge in [0.25, 0.3) is 11.8 Å². The highest BCUT2D eigenvalue weighted by molar-refractivity contribution is 6.00. The predicted molar refractivity (Wildman–Crippen MR) is 133 cm³/mol. The first-order chi connectivity index (χ1) is 17.2. The molecule has 4 aromatic rings. The quantitative estimate of drug-likeness (QED) is 0.438. The van der Waals surface area contributed by atoms with Gasteiger partial charge in [-0.15, -0.1) is 0 Å². The molecule has 2 heterocycles. The summed E-state index contributed by atoms with van der Waals surface area (Å²) in [7, 11) is 0. The van der Waals surface area contributed by atoms with Crippen LogP contribution in [-0.2, 0) is 0 Å². The summed E-state index contributed by atoms with van der Waals surface area (Å²) in [6.45, 7) is 4.34. The number of anilines is 1. The summed E-state index contributed by atoms with van der Waals surface area (Å²) >= 11 is 0. The summed E-state index contributed by atoms with van der Waals surface area (Å²) < 4.78 is 19.5. The summed E-state index contributed by atoms with van der Waals surface area (Å²) in [5, 5.41) is 7.07. The summed E-state index contributed by atoms with van der Waals surface area (Å²) in [6.07, 6.45) is 0. The van der Waals surface area contributed by atoms with E-state index in [-0.39, 0.29) is 11.7 Å². The maximum absolute atomic E-state index is 14.0. The van der Waals surface area contributed by atoms with Crippen LogP contribution >= 0.6 is 0 Å². The molecule has 1 aliphatic rings. The summed E-state index contributed by atoms with van der Waals surface area (Å²) in [6, 6.07) is 23.6. The average Bonchev–Trinajstić information content (AvgIpc) is 3.40. The van der Waals surface area contributed by atoms with Crippen LogP contribution in [0.15, 0.2) is 83.4 Å². The average molecular weight is 472 g/mol. The van der Waals surface area contributed by atoms with Crippen LogP contribution < -0.4 is 10.2 Å². The van der Waals surface area contributed by atoms with Crippen LogP contribution in [0.1, 0.15) is 10.4 Å². The van der Waals surface area contributed by atoms with Crippen LogP contribution in [0.2, 0.25) is 0 Å². The van der Waals surface area contributed by atoms with Gasteiger partial charge in [-0.1, -0.05) is 59.8 Å². The Morgan fingerprint density at radius 1 is 0.914 bits per heavy atom. The van der Waals surface area contributed by atoms with Gasteiger partial charge in [0.15, 0.2) is 0 Å². The molecule has 0 bridgehead atoms. The first kappa shape index (κ1) is 22.7. The van der Waals surface area contributed by atoms with Gasteiger partial charge in [0, 0.05) is 44.8 Å². The maximum Gasteiger partial charge on any atom is 0.259 e. The molecule has 5 rings (SSSR count). The topological polar surface area (TPSA) is 74.5 Å². The number of amides is 1. The minimum Gasteiger partial charge on any atom is -0.367 e. The first-order valence-corrected chi connectivity index (χ1v) is 11.7. The number of para-hydroxylation sites is 1. The summed E-state index contributed by atoms with van der Waals surface area (Å²) in [4.78, 5) is 21.8. The Labute approximate surface area is 203 Å². The lowest BCUT2D eigenvalue weighted by molar-refractivity contribution is 0.0948. The second-order valence-corrected chi connectivity index (χ2v) is 8.37. The van der Waals surface area contributed by atoms with Crippen molar-refractivity contribution in [2.75, 3.05) is 44.2 Å². The number of nitrogens with one attached hydrogen (secondary N) is 1. The van der Waals surface area contributed by atoms with E-state index in [1.165, 1.54) is 6.07 Å². The Hall–Kier alpha value is -4.04. The van der Waals surface area contributed by atoms with Gasteiger partial charge in [-0.05, 0) is 24.3 Å². The van der Waals surface area contributed by atoms with Crippen molar-refractivity contribution in [2.45, 2.75) is 0 Å². The van der Waals surface area contributed by atoms with Crippen LogP contribution in [-0.4, -0.2) is 60.2 Å². The molecule has 0 radical (unpaired) electrons. The van der Waals surface area contributed by atoms with Gasteiger partial charge in [0.05, 0.1) is 16.8 Å². The minimum absolute atomic E-state index is 0.190. The SMILES string of the molecule is O=C(NCCN1CCN(c2ccccc2F)CC1)c1ccccc1-c1nc(-c2ccccc2)no1. The smallest absolute Gasteiger partial charge is 0.259 e. The minimum atomic E-state index is -0.191. The van der Waals surface area contributed by atoms with Gasteiger partial charge in [-0.3, -0.25) is 9.69 Å². The van der Waals surface area contributed by atoms with E-state index in [1.807, 2.05) is 54.6 Å². The molecular weight excluding hydrogens is 445 g/mol. The van der Waals surface area contributed by atoms with Crippen molar-refractivity contribution in [3.8, 4) is 22.8 Å². The highest BCUT2D eigenvalue weighted by Gasteiger charge is 2.20. The maximum atomic E-state index is 14.0. The van der Waals surface area contributed by atoms with Gasteiger partial charge >= 0.3 is 0 Å². The molecule has 1 saturated heterocycles. The molecule has 1 amide bonds. The van der Waals surface area contributed by atoms with Crippen molar-refractivity contribution in [2.24, 2.45) is 0 Å². The number of piperazine rings is 1. The summed E-state index contributed by atoms with van der Waals surface area (Å²) in [5.41, 5.74) is 2.58. The fraction of sp³-hybridized carbons (Fsp3) is 0.222. The van der Waals surface area contributed by atoms with E-state index in [0.29, 0.717) is 35.1 Å². The lowest BCUT2D eigenvalue weighted by atomic mass is 10.1. The number of nitrogens with zero attached hydrogens (tertiary/aromatic N) is 4. The van der Waals surface area contributed by atoms with Crippen LogP contribution in [0.4, 0.5) is 10.1 Å². The third-order valence-electron chi connectivity index (χ3n) is 6.14. The number of rotatable bonds is 7. The van der Waals surface area contributed by atoms with Gasteiger partial charge in [0.1, 0.15) is 5.82 Å². The molecule has 0 unspecified atom stereocenters. The molecular formula is C27H26FN5O2. The van der Waals surface area contributed by atoms with Gasteiger partial charge in [-0.25, -0.2) is 4.39 Å². The lowest BCUT2D eigenvalue weighted by Crippen LogP contribution is -2.48. The number of aromatic nitrogens is 2. The molecule has 178 valence electrons. The van der Waals surface area contributed by atoms with Gasteiger partial charge in [-0.2, -0.15) is 4.98 Å². The molecule has 0 spiro atoms. The third kappa shape index (κ3) is 5.22. The highest BCUT2D eigenvalue weighted by Crippen LogP contribution is 2.25. The van der Waals surface area contributed by atoms with Gasteiger partial charge in [0.2, 0.25) is 5.82 Å². The van der Waals surface area contributed by atoms with Crippen molar-refractivity contribution >= 4 is 11.6 Å². The molecule has 0 aliphatic carbocycles. The molecule has 3 aromatic carbocycles. The molecule has 1 fully saturated rings. The van der Waals surface area contributed by atoms with E-state index in [9.17, 15) is 9.18 Å². The van der Waals surface area contributed by atoms with Crippen molar-refractivity contribution in [3.05, 3.63) is 90.2 Å². The largest absolute Gasteiger partial charge is 0.367 e. The number of carbonyl (C=O) groups is 1. The fourth-order valence-electron chi connectivity index (χ4n) is 4.25.